The predicted molar refractivity (Wildman–Crippen MR) is 51.1 cm³/mol. The summed E-state index contributed by atoms with van der Waals surface area (Å²) >= 11 is 0. The number of methoxy groups -OCH3 is 1. The maximum Gasteiger partial charge on any atom is 0.305 e. The van der Waals surface area contributed by atoms with Gasteiger partial charge in [0.15, 0.2) is 0 Å². The monoisotopic (exact) mass is 241 g/mol. The first kappa shape index (κ1) is 11.7. The molecule has 1 unspecified atom stereocenters. The van der Waals surface area contributed by atoms with Crippen LogP contribution in [0.5, 0.6) is 0 Å². The highest BCUT2D eigenvalue weighted by atomic mass is 35.7. The van der Waals surface area contributed by atoms with E-state index in [1.54, 1.807) is 0 Å². The quantitative estimate of drug-likeness (QED) is 0.529. The molecule has 1 aliphatic rings. The molecule has 82 valence electrons. The van der Waals surface area contributed by atoms with Gasteiger partial charge in [-0.05, 0) is 12.3 Å². The molecular formula is C7H12ClNO4S. The molecule has 1 rings (SSSR count). The molecule has 0 radical (unpaired) electrons. The van der Waals surface area contributed by atoms with E-state index in [0.29, 0.717) is 19.5 Å². The van der Waals surface area contributed by atoms with Crippen molar-refractivity contribution in [1.29, 1.82) is 0 Å². The normalized spacial score (nSPS) is 23.7. The number of hydrogen-bond acceptors (Lipinski definition) is 4. The Morgan fingerprint density at radius 3 is 2.71 bits per heavy atom. The van der Waals surface area contributed by atoms with Gasteiger partial charge in [-0.15, -0.1) is 0 Å². The lowest BCUT2D eigenvalue weighted by atomic mass is 10.1. The zero-order chi connectivity index (χ0) is 10.8. The van der Waals surface area contributed by atoms with Gasteiger partial charge in [-0.2, -0.15) is 12.7 Å². The van der Waals surface area contributed by atoms with Crippen LogP contribution in [0.1, 0.15) is 12.8 Å². The highest BCUT2D eigenvalue weighted by Crippen LogP contribution is 2.23. The maximum absolute atomic E-state index is 10.9. The number of ether oxygens (including phenoxy) is 1. The first-order valence-electron chi connectivity index (χ1n) is 4.20. The van der Waals surface area contributed by atoms with Gasteiger partial charge in [-0.3, -0.25) is 4.79 Å². The minimum Gasteiger partial charge on any atom is -0.469 e. The summed E-state index contributed by atoms with van der Waals surface area (Å²) in [6, 6.07) is 0. The molecule has 0 amide bonds. The molecule has 14 heavy (non-hydrogen) atoms. The van der Waals surface area contributed by atoms with Gasteiger partial charge in [0.2, 0.25) is 0 Å². The molecule has 0 saturated carbocycles. The number of nitrogens with zero attached hydrogens (tertiary/aromatic N) is 1. The van der Waals surface area contributed by atoms with Gasteiger partial charge in [0.1, 0.15) is 0 Å². The molecule has 0 aromatic rings. The van der Waals surface area contributed by atoms with Crippen molar-refractivity contribution in [1.82, 2.24) is 4.31 Å². The fourth-order valence-corrected chi connectivity index (χ4v) is 2.57. The highest BCUT2D eigenvalue weighted by molar-refractivity contribution is 8.11. The summed E-state index contributed by atoms with van der Waals surface area (Å²) in [5, 5.41) is 0. The van der Waals surface area contributed by atoms with Gasteiger partial charge in [0.25, 0.3) is 9.24 Å². The summed E-state index contributed by atoms with van der Waals surface area (Å²) in [5.74, 6) is -0.292. The summed E-state index contributed by atoms with van der Waals surface area (Å²) in [7, 11) is 2.85. The highest BCUT2D eigenvalue weighted by Gasteiger charge is 2.31. The van der Waals surface area contributed by atoms with E-state index in [1.807, 2.05) is 0 Å². The second kappa shape index (κ2) is 4.46. The van der Waals surface area contributed by atoms with Gasteiger partial charge in [0, 0.05) is 30.2 Å². The molecule has 0 aromatic heterocycles. The van der Waals surface area contributed by atoms with E-state index in [-0.39, 0.29) is 18.3 Å². The van der Waals surface area contributed by atoms with Crippen molar-refractivity contribution in [2.45, 2.75) is 12.8 Å². The first-order chi connectivity index (χ1) is 6.43. The number of hydrogen-bond donors (Lipinski definition) is 0. The first-order valence-corrected chi connectivity index (χ1v) is 6.46. The molecule has 0 bridgehead atoms. The van der Waals surface area contributed by atoms with E-state index < -0.39 is 9.24 Å². The van der Waals surface area contributed by atoms with Crippen LogP contribution in [0.15, 0.2) is 0 Å². The van der Waals surface area contributed by atoms with Crippen LogP contribution in [0.2, 0.25) is 0 Å². The molecule has 1 heterocycles. The lowest BCUT2D eigenvalue weighted by Crippen LogP contribution is -2.24. The van der Waals surface area contributed by atoms with Gasteiger partial charge in [-0.25, -0.2) is 0 Å². The molecule has 0 aliphatic carbocycles. The Bertz CT molecular complexity index is 316. The molecule has 5 nitrogen and oxygen atoms in total. The summed E-state index contributed by atoms with van der Waals surface area (Å²) in [6.45, 7) is 0.689. The van der Waals surface area contributed by atoms with Crippen LogP contribution >= 0.6 is 10.7 Å². The van der Waals surface area contributed by atoms with E-state index in [2.05, 4.69) is 4.74 Å². The third kappa shape index (κ3) is 3.11. The molecule has 0 spiro atoms. The predicted octanol–water partition coefficient (Wildman–Crippen LogP) is 0.355. The molecule has 0 aromatic carbocycles. The van der Waals surface area contributed by atoms with E-state index >= 15 is 0 Å². The van der Waals surface area contributed by atoms with Gasteiger partial charge in [-0.1, -0.05) is 0 Å². The Hall–Kier alpha value is -0.330. The minimum absolute atomic E-state index is 0.0241. The fourth-order valence-electron chi connectivity index (χ4n) is 1.48. The van der Waals surface area contributed by atoms with Crippen LogP contribution in [0.3, 0.4) is 0 Å². The van der Waals surface area contributed by atoms with Gasteiger partial charge >= 0.3 is 5.97 Å². The summed E-state index contributed by atoms with van der Waals surface area (Å²) in [6.07, 6.45) is 0.903. The molecule has 1 aliphatic heterocycles. The van der Waals surface area contributed by atoms with Crippen LogP contribution in [-0.4, -0.2) is 38.9 Å². The summed E-state index contributed by atoms with van der Waals surface area (Å²) in [5.41, 5.74) is 0. The van der Waals surface area contributed by atoms with Crippen molar-refractivity contribution in [3.63, 3.8) is 0 Å². The van der Waals surface area contributed by atoms with Crippen molar-refractivity contribution in [3.8, 4) is 0 Å². The van der Waals surface area contributed by atoms with E-state index in [4.69, 9.17) is 10.7 Å². The van der Waals surface area contributed by atoms with Crippen molar-refractivity contribution in [2.24, 2.45) is 5.92 Å². The van der Waals surface area contributed by atoms with Gasteiger partial charge < -0.3 is 4.74 Å². The van der Waals surface area contributed by atoms with Gasteiger partial charge in [0.05, 0.1) is 7.11 Å². The third-order valence-electron chi connectivity index (χ3n) is 2.24. The van der Waals surface area contributed by atoms with Crippen LogP contribution < -0.4 is 0 Å². The average Bonchev–Trinajstić information content (AvgIpc) is 2.51. The zero-order valence-corrected chi connectivity index (χ0v) is 9.34. The third-order valence-corrected chi connectivity index (χ3v) is 3.77. The largest absolute Gasteiger partial charge is 0.469 e. The summed E-state index contributed by atoms with van der Waals surface area (Å²) < 4.78 is 27.5. The lowest BCUT2D eigenvalue weighted by molar-refractivity contribution is -0.141. The van der Waals surface area contributed by atoms with E-state index in [1.165, 1.54) is 11.4 Å². The second-order valence-corrected chi connectivity index (χ2v) is 5.75. The fraction of sp³-hybridized carbons (Fsp3) is 0.857. The number of esters is 1. The molecule has 1 saturated heterocycles. The SMILES string of the molecule is COC(=O)CC1CCN(S(=O)(=O)Cl)C1. The number of carbonyl (C=O) groups is 1. The standard InChI is InChI=1S/C7H12ClNO4S/c1-13-7(10)4-6-2-3-9(5-6)14(8,11)12/h6H,2-5H2,1H3. The van der Waals surface area contributed by atoms with Crippen LogP contribution in [0.4, 0.5) is 0 Å². The van der Waals surface area contributed by atoms with Crippen molar-refractivity contribution < 1.29 is 17.9 Å². The van der Waals surface area contributed by atoms with Crippen LogP contribution in [0, 0.1) is 5.92 Å². The number of rotatable bonds is 3. The zero-order valence-electron chi connectivity index (χ0n) is 7.77. The van der Waals surface area contributed by atoms with Crippen molar-refractivity contribution in [3.05, 3.63) is 0 Å². The second-order valence-electron chi connectivity index (χ2n) is 3.24. The Morgan fingerprint density at radius 1 is 1.64 bits per heavy atom. The maximum atomic E-state index is 10.9. The number of halogens is 1. The lowest BCUT2D eigenvalue weighted by Gasteiger charge is -2.10. The Morgan fingerprint density at radius 2 is 2.29 bits per heavy atom. The molecule has 0 N–H and O–H groups in total. The molecule has 7 heteroatoms. The van der Waals surface area contributed by atoms with Crippen molar-refractivity contribution in [2.75, 3.05) is 20.2 Å². The van der Waals surface area contributed by atoms with Crippen LogP contribution in [-0.2, 0) is 18.8 Å². The smallest absolute Gasteiger partial charge is 0.305 e. The average molecular weight is 242 g/mol. The van der Waals surface area contributed by atoms with Crippen LogP contribution in [0.25, 0.3) is 0 Å². The Labute approximate surface area is 87.5 Å². The minimum atomic E-state index is -3.62. The molecule has 1 atom stereocenters. The Balaban J connectivity index is 2.46. The molecule has 1 fully saturated rings. The Kier molecular flexibility index (Phi) is 3.74. The summed E-state index contributed by atoms with van der Waals surface area (Å²) in [4.78, 5) is 10.9. The van der Waals surface area contributed by atoms with E-state index in [9.17, 15) is 13.2 Å². The number of carbonyl (C=O) groups excluding carboxylic acids is 1. The molecular weight excluding hydrogens is 230 g/mol. The van der Waals surface area contributed by atoms with Crippen molar-refractivity contribution >= 4 is 25.9 Å². The van der Waals surface area contributed by atoms with E-state index in [0.717, 1.165) is 0 Å². The topological polar surface area (TPSA) is 63.7 Å².